The molecule has 1 N–H and O–H groups in total. The van der Waals surface area contributed by atoms with Crippen LogP contribution in [0.2, 0.25) is 0 Å². The molecule has 32 heavy (non-hydrogen) atoms. The van der Waals surface area contributed by atoms with E-state index in [0.29, 0.717) is 37.1 Å². The van der Waals surface area contributed by atoms with Gasteiger partial charge in [-0.15, -0.1) is 0 Å². The summed E-state index contributed by atoms with van der Waals surface area (Å²) in [7, 11) is 0. The van der Waals surface area contributed by atoms with E-state index < -0.39 is 11.9 Å². The smallest absolute Gasteiger partial charge is 0.310 e. The summed E-state index contributed by atoms with van der Waals surface area (Å²) in [5.74, 6) is 0.275. The van der Waals surface area contributed by atoms with E-state index in [0.717, 1.165) is 28.8 Å². The van der Waals surface area contributed by atoms with Crippen LogP contribution >= 0.6 is 0 Å². The topological polar surface area (TPSA) is 109 Å². The Morgan fingerprint density at radius 2 is 2.09 bits per heavy atom. The molecule has 168 valence electrons. The Morgan fingerprint density at radius 1 is 1.31 bits per heavy atom. The number of rotatable bonds is 7. The number of amides is 1. The number of carboxylic acid groups (broad SMARTS) is 1. The van der Waals surface area contributed by atoms with E-state index in [1.54, 1.807) is 11.1 Å². The lowest BCUT2D eigenvalue weighted by atomic mass is 9.93. The number of nitrogens with zero attached hydrogens (tertiary/aromatic N) is 4. The standard InChI is InChI=1S/C24H28N4O4/c1-14(2)8-20-15(3)9-18(11-25-20)23-26-22(27-32-23)17-6-4-16(5-7-17)10-21(29)28-12-19(13-28)24(30)31/h4-6,9,11,14,17,19H,7-8,10,12-13H2,1-3H3,(H,30,31). The van der Waals surface area contributed by atoms with Gasteiger partial charge in [0.15, 0.2) is 5.82 Å². The van der Waals surface area contributed by atoms with Crippen molar-refractivity contribution in [2.45, 2.75) is 46.0 Å². The Balaban J connectivity index is 1.34. The summed E-state index contributed by atoms with van der Waals surface area (Å²) in [5.41, 5.74) is 3.93. The fraction of sp³-hybridized carbons (Fsp3) is 0.458. The molecule has 0 aromatic carbocycles. The molecule has 2 aliphatic rings. The first kappa shape index (κ1) is 21.9. The van der Waals surface area contributed by atoms with Crippen LogP contribution in [0, 0.1) is 18.8 Å². The van der Waals surface area contributed by atoms with Gasteiger partial charge in [0, 0.05) is 30.9 Å². The third-order valence-electron chi connectivity index (χ3n) is 5.92. The highest BCUT2D eigenvalue weighted by Crippen LogP contribution is 2.29. The van der Waals surface area contributed by atoms with Crippen LogP contribution in [0.25, 0.3) is 11.5 Å². The molecule has 8 nitrogen and oxygen atoms in total. The number of aryl methyl sites for hydroxylation is 1. The number of aliphatic carboxylic acids is 1. The van der Waals surface area contributed by atoms with Gasteiger partial charge in [0.1, 0.15) is 0 Å². The second-order valence-corrected chi connectivity index (χ2v) is 9.03. The molecular formula is C24H28N4O4. The molecule has 4 rings (SSSR count). The van der Waals surface area contributed by atoms with E-state index in [-0.39, 0.29) is 18.2 Å². The van der Waals surface area contributed by atoms with Crippen LogP contribution in [0.4, 0.5) is 0 Å². The zero-order chi connectivity index (χ0) is 22.8. The summed E-state index contributed by atoms with van der Waals surface area (Å²) in [6.45, 7) is 6.99. The van der Waals surface area contributed by atoms with Crippen molar-refractivity contribution in [3.63, 3.8) is 0 Å². The average molecular weight is 437 g/mol. The predicted octanol–water partition coefficient (Wildman–Crippen LogP) is 3.54. The van der Waals surface area contributed by atoms with Crippen molar-refractivity contribution in [2.75, 3.05) is 13.1 Å². The van der Waals surface area contributed by atoms with Crippen LogP contribution in [0.15, 0.2) is 40.6 Å². The van der Waals surface area contributed by atoms with Gasteiger partial charge >= 0.3 is 5.97 Å². The molecule has 1 atom stereocenters. The summed E-state index contributed by atoms with van der Waals surface area (Å²) in [4.78, 5) is 33.9. The quantitative estimate of drug-likeness (QED) is 0.707. The second kappa shape index (κ2) is 9.06. The summed E-state index contributed by atoms with van der Waals surface area (Å²) >= 11 is 0. The molecule has 1 unspecified atom stereocenters. The Hall–Kier alpha value is -3.29. The average Bonchev–Trinajstić information content (AvgIpc) is 3.18. The first-order valence-electron chi connectivity index (χ1n) is 11.0. The van der Waals surface area contributed by atoms with E-state index in [1.165, 1.54) is 0 Å². The van der Waals surface area contributed by atoms with Gasteiger partial charge in [0.2, 0.25) is 5.91 Å². The van der Waals surface area contributed by atoms with Gasteiger partial charge in [0.25, 0.3) is 5.89 Å². The lowest BCUT2D eigenvalue weighted by Crippen LogP contribution is -2.53. The van der Waals surface area contributed by atoms with Crippen LogP contribution in [0.3, 0.4) is 0 Å². The molecule has 1 fully saturated rings. The van der Waals surface area contributed by atoms with Crippen LogP contribution < -0.4 is 0 Å². The van der Waals surface area contributed by atoms with Crippen LogP contribution in [-0.2, 0) is 16.0 Å². The number of carboxylic acids is 1. The van der Waals surface area contributed by atoms with Gasteiger partial charge in [0.05, 0.1) is 17.9 Å². The molecule has 0 spiro atoms. The first-order valence-corrected chi connectivity index (χ1v) is 11.0. The van der Waals surface area contributed by atoms with E-state index in [1.807, 2.05) is 31.2 Å². The van der Waals surface area contributed by atoms with Crippen molar-refractivity contribution >= 4 is 11.9 Å². The molecule has 8 heteroatoms. The lowest BCUT2D eigenvalue weighted by Gasteiger charge is -2.36. The van der Waals surface area contributed by atoms with E-state index in [4.69, 9.17) is 9.63 Å². The largest absolute Gasteiger partial charge is 0.481 e. The summed E-state index contributed by atoms with van der Waals surface area (Å²) in [6, 6.07) is 2.03. The van der Waals surface area contributed by atoms with E-state index in [9.17, 15) is 9.59 Å². The maximum atomic E-state index is 12.3. The normalized spacial score (nSPS) is 18.6. The maximum absolute atomic E-state index is 12.3. The molecule has 0 saturated carbocycles. The van der Waals surface area contributed by atoms with Crippen molar-refractivity contribution in [2.24, 2.45) is 11.8 Å². The number of likely N-dealkylation sites (tertiary alicyclic amines) is 1. The molecule has 1 amide bonds. The van der Waals surface area contributed by atoms with Crippen molar-refractivity contribution in [3.05, 3.63) is 53.1 Å². The van der Waals surface area contributed by atoms with Crippen molar-refractivity contribution in [1.29, 1.82) is 0 Å². The molecular weight excluding hydrogens is 408 g/mol. The van der Waals surface area contributed by atoms with Gasteiger partial charge in [-0.2, -0.15) is 4.98 Å². The Bertz CT molecular complexity index is 1080. The van der Waals surface area contributed by atoms with Crippen LogP contribution in [0.1, 0.15) is 49.7 Å². The number of hydrogen-bond acceptors (Lipinski definition) is 6. The molecule has 1 saturated heterocycles. The Morgan fingerprint density at radius 3 is 2.72 bits per heavy atom. The zero-order valence-electron chi connectivity index (χ0n) is 18.6. The third kappa shape index (κ3) is 4.79. The van der Waals surface area contributed by atoms with Crippen LogP contribution in [-0.4, -0.2) is 50.1 Å². The van der Waals surface area contributed by atoms with Crippen molar-refractivity contribution in [1.82, 2.24) is 20.0 Å². The van der Waals surface area contributed by atoms with Gasteiger partial charge in [-0.3, -0.25) is 14.6 Å². The highest BCUT2D eigenvalue weighted by Gasteiger charge is 2.35. The van der Waals surface area contributed by atoms with Crippen LogP contribution in [0.5, 0.6) is 0 Å². The number of hydrogen-bond donors (Lipinski definition) is 1. The third-order valence-corrected chi connectivity index (χ3v) is 5.92. The SMILES string of the molecule is Cc1cc(-c2nc(C3C=CC(CC(=O)N4CC(C(=O)O)C4)=CC3)no2)cnc1CC(C)C. The van der Waals surface area contributed by atoms with E-state index in [2.05, 4.69) is 29.0 Å². The Kier molecular flexibility index (Phi) is 6.21. The summed E-state index contributed by atoms with van der Waals surface area (Å²) < 4.78 is 5.49. The molecule has 3 heterocycles. The minimum atomic E-state index is -0.842. The molecule has 1 aliphatic carbocycles. The molecule has 0 radical (unpaired) electrons. The highest BCUT2D eigenvalue weighted by molar-refractivity contribution is 5.83. The first-order chi connectivity index (χ1) is 15.3. The van der Waals surface area contributed by atoms with Gasteiger partial charge in [-0.1, -0.05) is 37.2 Å². The number of carbonyl (C=O) groups excluding carboxylic acids is 1. The highest BCUT2D eigenvalue weighted by atomic mass is 16.5. The number of carbonyl (C=O) groups is 2. The lowest BCUT2D eigenvalue weighted by molar-refractivity contribution is -0.152. The number of pyridine rings is 1. The molecule has 2 aromatic rings. The van der Waals surface area contributed by atoms with Gasteiger partial charge in [-0.25, -0.2) is 0 Å². The maximum Gasteiger partial charge on any atom is 0.310 e. The zero-order valence-corrected chi connectivity index (χ0v) is 18.6. The predicted molar refractivity (Wildman–Crippen MR) is 118 cm³/mol. The molecule has 1 aliphatic heterocycles. The van der Waals surface area contributed by atoms with Gasteiger partial charge in [-0.05, 0) is 42.9 Å². The minimum Gasteiger partial charge on any atom is -0.481 e. The minimum absolute atomic E-state index is 0.0129. The number of allylic oxidation sites excluding steroid dienone is 3. The van der Waals surface area contributed by atoms with Crippen molar-refractivity contribution in [3.8, 4) is 11.5 Å². The van der Waals surface area contributed by atoms with Crippen molar-refractivity contribution < 1.29 is 19.2 Å². The fourth-order valence-corrected chi connectivity index (χ4v) is 3.94. The second-order valence-electron chi connectivity index (χ2n) is 9.03. The summed E-state index contributed by atoms with van der Waals surface area (Å²) in [5, 5.41) is 13.1. The number of aromatic nitrogens is 3. The molecule has 2 aromatic heterocycles. The summed E-state index contributed by atoms with van der Waals surface area (Å²) in [6.07, 6.45) is 9.60. The Labute approximate surface area is 187 Å². The monoisotopic (exact) mass is 436 g/mol. The molecule has 0 bridgehead atoms. The fourth-order valence-electron chi connectivity index (χ4n) is 3.94. The van der Waals surface area contributed by atoms with Gasteiger partial charge < -0.3 is 14.5 Å². The van der Waals surface area contributed by atoms with E-state index >= 15 is 0 Å².